The first kappa shape index (κ1) is 15.8. The van der Waals surface area contributed by atoms with E-state index in [4.69, 9.17) is 0 Å². The summed E-state index contributed by atoms with van der Waals surface area (Å²) >= 11 is 0. The summed E-state index contributed by atoms with van der Waals surface area (Å²) < 4.78 is 0. The van der Waals surface area contributed by atoms with Gasteiger partial charge in [0.2, 0.25) is 0 Å². The molecule has 1 aliphatic rings. The Morgan fingerprint density at radius 3 is 2.52 bits per heavy atom. The quantitative estimate of drug-likeness (QED) is 0.849. The molecule has 2 N–H and O–H groups in total. The standard InChI is InChI=1S/C16H25N3O2/c1-14(20)13-18-9-11-19(12-10-18)16(21)17-8-7-15-5-3-2-4-6-15/h2-6,14,20H,7-13H2,1H3,(H,17,21). The van der Waals surface area contributed by atoms with Crippen LogP contribution < -0.4 is 5.32 Å². The van der Waals surface area contributed by atoms with Crippen LogP contribution in [0.1, 0.15) is 12.5 Å². The minimum absolute atomic E-state index is 0.0163. The maximum atomic E-state index is 12.1. The summed E-state index contributed by atoms with van der Waals surface area (Å²) in [5, 5.41) is 12.3. The molecular weight excluding hydrogens is 266 g/mol. The Kier molecular flexibility index (Phi) is 6.02. The van der Waals surface area contributed by atoms with E-state index in [9.17, 15) is 9.90 Å². The Balaban J connectivity index is 1.65. The lowest BCUT2D eigenvalue weighted by Gasteiger charge is -2.35. The van der Waals surface area contributed by atoms with Crippen molar-refractivity contribution in [2.24, 2.45) is 0 Å². The zero-order valence-electron chi connectivity index (χ0n) is 12.7. The van der Waals surface area contributed by atoms with Gasteiger partial charge in [-0.1, -0.05) is 30.3 Å². The fraction of sp³-hybridized carbons (Fsp3) is 0.562. The number of β-amino-alcohol motifs (C(OH)–C–C–N with tert-alkyl or cyclic N) is 1. The number of hydrogen-bond donors (Lipinski definition) is 2. The van der Waals surface area contributed by atoms with Crippen molar-refractivity contribution in [3.63, 3.8) is 0 Å². The van der Waals surface area contributed by atoms with Crippen LogP contribution in [0.25, 0.3) is 0 Å². The largest absolute Gasteiger partial charge is 0.392 e. The number of hydrogen-bond acceptors (Lipinski definition) is 3. The molecular formula is C16H25N3O2. The van der Waals surface area contributed by atoms with Gasteiger partial charge in [0.1, 0.15) is 0 Å². The number of urea groups is 1. The monoisotopic (exact) mass is 291 g/mol. The summed E-state index contributed by atoms with van der Waals surface area (Å²) in [6.45, 7) is 6.25. The topological polar surface area (TPSA) is 55.8 Å². The zero-order chi connectivity index (χ0) is 15.1. The van der Waals surface area contributed by atoms with Crippen LogP contribution in [-0.4, -0.2) is 66.3 Å². The molecule has 1 fully saturated rings. The van der Waals surface area contributed by atoms with Gasteiger partial charge in [0.05, 0.1) is 6.10 Å². The lowest BCUT2D eigenvalue weighted by atomic mass is 10.1. The van der Waals surface area contributed by atoms with E-state index in [1.165, 1.54) is 5.56 Å². The molecule has 2 rings (SSSR count). The van der Waals surface area contributed by atoms with Crippen molar-refractivity contribution in [2.45, 2.75) is 19.4 Å². The molecule has 21 heavy (non-hydrogen) atoms. The second-order valence-electron chi connectivity index (χ2n) is 5.60. The van der Waals surface area contributed by atoms with Gasteiger partial charge in [-0.2, -0.15) is 0 Å². The third-order valence-electron chi connectivity index (χ3n) is 3.71. The molecule has 1 aliphatic heterocycles. The van der Waals surface area contributed by atoms with Gasteiger partial charge in [-0.05, 0) is 18.9 Å². The lowest BCUT2D eigenvalue weighted by Crippen LogP contribution is -2.53. The molecule has 116 valence electrons. The number of carbonyl (C=O) groups excluding carboxylic acids is 1. The molecule has 5 nitrogen and oxygen atoms in total. The number of amides is 2. The van der Waals surface area contributed by atoms with Gasteiger partial charge >= 0.3 is 6.03 Å². The smallest absolute Gasteiger partial charge is 0.317 e. The van der Waals surface area contributed by atoms with Crippen LogP contribution in [0.2, 0.25) is 0 Å². The Morgan fingerprint density at radius 1 is 1.24 bits per heavy atom. The van der Waals surface area contributed by atoms with Crippen LogP contribution in [0.15, 0.2) is 30.3 Å². The Hall–Kier alpha value is -1.59. The van der Waals surface area contributed by atoms with Gasteiger partial charge in [0.25, 0.3) is 0 Å². The molecule has 1 atom stereocenters. The third kappa shape index (κ3) is 5.36. The maximum absolute atomic E-state index is 12.1. The van der Waals surface area contributed by atoms with Crippen molar-refractivity contribution < 1.29 is 9.90 Å². The van der Waals surface area contributed by atoms with Gasteiger partial charge in [-0.15, -0.1) is 0 Å². The number of rotatable bonds is 5. The van der Waals surface area contributed by atoms with E-state index < -0.39 is 0 Å². The van der Waals surface area contributed by atoms with E-state index in [0.717, 1.165) is 32.6 Å². The summed E-state index contributed by atoms with van der Waals surface area (Å²) in [6, 6.07) is 10.2. The first-order valence-electron chi connectivity index (χ1n) is 7.62. The van der Waals surface area contributed by atoms with Gasteiger partial charge in [-0.25, -0.2) is 4.79 Å². The average Bonchev–Trinajstić information content (AvgIpc) is 2.48. The number of aliphatic hydroxyl groups is 1. The minimum Gasteiger partial charge on any atom is -0.392 e. The second-order valence-corrected chi connectivity index (χ2v) is 5.60. The molecule has 0 saturated carbocycles. The number of piperazine rings is 1. The van der Waals surface area contributed by atoms with Crippen LogP contribution in [0.3, 0.4) is 0 Å². The normalized spacial score (nSPS) is 17.5. The summed E-state index contributed by atoms with van der Waals surface area (Å²) in [7, 11) is 0. The van der Waals surface area contributed by atoms with Crippen molar-refractivity contribution in [3.05, 3.63) is 35.9 Å². The van der Waals surface area contributed by atoms with E-state index in [0.29, 0.717) is 13.1 Å². The molecule has 1 aromatic rings. The highest BCUT2D eigenvalue weighted by atomic mass is 16.3. The van der Waals surface area contributed by atoms with Gasteiger partial charge in [0, 0.05) is 39.3 Å². The molecule has 0 aliphatic carbocycles. The molecule has 0 bridgehead atoms. The molecule has 1 saturated heterocycles. The highest BCUT2D eigenvalue weighted by Crippen LogP contribution is 2.03. The number of nitrogens with one attached hydrogen (secondary N) is 1. The number of aliphatic hydroxyl groups excluding tert-OH is 1. The molecule has 5 heteroatoms. The van der Waals surface area contributed by atoms with Crippen molar-refractivity contribution in [1.29, 1.82) is 0 Å². The molecule has 0 spiro atoms. The third-order valence-corrected chi connectivity index (χ3v) is 3.71. The second kappa shape index (κ2) is 8.00. The van der Waals surface area contributed by atoms with Gasteiger partial charge < -0.3 is 15.3 Å². The fourth-order valence-electron chi connectivity index (χ4n) is 2.58. The van der Waals surface area contributed by atoms with Crippen LogP contribution >= 0.6 is 0 Å². The molecule has 1 unspecified atom stereocenters. The van der Waals surface area contributed by atoms with Crippen LogP contribution in [0.5, 0.6) is 0 Å². The highest BCUT2D eigenvalue weighted by Gasteiger charge is 2.21. The average molecular weight is 291 g/mol. The number of benzene rings is 1. The zero-order valence-corrected chi connectivity index (χ0v) is 12.7. The maximum Gasteiger partial charge on any atom is 0.317 e. The predicted octanol–water partition coefficient (Wildman–Crippen LogP) is 0.937. The Bertz CT molecular complexity index is 428. The lowest BCUT2D eigenvalue weighted by molar-refractivity contribution is 0.0898. The highest BCUT2D eigenvalue weighted by molar-refractivity contribution is 5.74. The van der Waals surface area contributed by atoms with E-state index in [2.05, 4.69) is 22.3 Å². The van der Waals surface area contributed by atoms with Crippen molar-refractivity contribution in [3.8, 4) is 0 Å². The van der Waals surface area contributed by atoms with E-state index in [1.807, 2.05) is 23.1 Å². The summed E-state index contributed by atoms with van der Waals surface area (Å²) in [5.41, 5.74) is 1.24. The Labute approximate surface area is 126 Å². The molecule has 0 aromatic heterocycles. The first-order chi connectivity index (χ1) is 10.1. The number of nitrogens with zero attached hydrogens (tertiary/aromatic N) is 2. The molecule has 0 radical (unpaired) electrons. The summed E-state index contributed by atoms with van der Waals surface area (Å²) in [6.07, 6.45) is 0.547. The first-order valence-corrected chi connectivity index (χ1v) is 7.62. The van der Waals surface area contributed by atoms with E-state index in [-0.39, 0.29) is 12.1 Å². The number of carbonyl (C=O) groups is 1. The SMILES string of the molecule is CC(O)CN1CCN(C(=O)NCCc2ccccc2)CC1. The van der Waals surface area contributed by atoms with Crippen molar-refractivity contribution in [2.75, 3.05) is 39.3 Å². The van der Waals surface area contributed by atoms with Crippen LogP contribution in [0, 0.1) is 0 Å². The molecule has 1 heterocycles. The molecule has 2 amide bonds. The predicted molar refractivity (Wildman–Crippen MR) is 83.2 cm³/mol. The van der Waals surface area contributed by atoms with Crippen molar-refractivity contribution >= 4 is 6.03 Å². The van der Waals surface area contributed by atoms with Crippen LogP contribution in [-0.2, 0) is 6.42 Å². The summed E-state index contributed by atoms with van der Waals surface area (Å²) in [4.78, 5) is 16.1. The van der Waals surface area contributed by atoms with Crippen molar-refractivity contribution in [1.82, 2.24) is 15.1 Å². The van der Waals surface area contributed by atoms with E-state index in [1.54, 1.807) is 6.92 Å². The Morgan fingerprint density at radius 2 is 1.90 bits per heavy atom. The minimum atomic E-state index is -0.309. The fourth-order valence-corrected chi connectivity index (χ4v) is 2.58. The van der Waals surface area contributed by atoms with Gasteiger partial charge in [0.15, 0.2) is 0 Å². The van der Waals surface area contributed by atoms with Crippen LogP contribution in [0.4, 0.5) is 4.79 Å². The molecule has 1 aromatic carbocycles. The van der Waals surface area contributed by atoms with Gasteiger partial charge in [-0.3, -0.25) is 4.90 Å². The van der Waals surface area contributed by atoms with E-state index >= 15 is 0 Å². The summed E-state index contributed by atoms with van der Waals surface area (Å²) in [5.74, 6) is 0.